The van der Waals surface area contributed by atoms with Gasteiger partial charge in [0.25, 0.3) is 0 Å². The van der Waals surface area contributed by atoms with Crippen molar-refractivity contribution in [1.82, 2.24) is 4.98 Å². The molecular weight excluding hydrogens is 262 g/mol. The third-order valence-corrected chi connectivity index (χ3v) is 3.81. The Hall–Kier alpha value is -2.94. The van der Waals surface area contributed by atoms with Crippen molar-refractivity contribution in [1.29, 1.82) is 0 Å². The molecule has 3 heteroatoms. The second-order valence-electron chi connectivity index (χ2n) is 5.02. The summed E-state index contributed by atoms with van der Waals surface area (Å²) in [5, 5.41) is 14.7. The van der Waals surface area contributed by atoms with E-state index in [1.807, 2.05) is 30.3 Å². The first-order valence-electron chi connectivity index (χ1n) is 6.68. The molecule has 3 aromatic carbocycles. The maximum absolute atomic E-state index is 11.0. The highest BCUT2D eigenvalue weighted by molar-refractivity contribution is 6.16. The predicted octanol–water partition coefficient (Wildman–Crippen LogP) is 4.24. The molecule has 0 unspecified atom stereocenters. The lowest BCUT2D eigenvalue weighted by atomic mass is 9.99. The van der Waals surface area contributed by atoms with Crippen molar-refractivity contribution in [2.75, 3.05) is 0 Å². The molecule has 0 aliphatic rings. The molecule has 1 N–H and O–H groups in total. The fourth-order valence-electron chi connectivity index (χ4n) is 2.82. The van der Waals surface area contributed by atoms with Gasteiger partial charge in [0.05, 0.1) is 5.52 Å². The molecule has 0 bridgehead atoms. The topological polar surface area (TPSA) is 50.2 Å². The molecule has 0 saturated heterocycles. The largest absolute Gasteiger partial charge is 0.477 e. The fraction of sp³-hybridized carbons (Fsp3) is 0. The van der Waals surface area contributed by atoms with Crippen LogP contribution in [-0.4, -0.2) is 16.1 Å². The molecule has 0 fully saturated rings. The zero-order chi connectivity index (χ0) is 14.4. The minimum absolute atomic E-state index is 0.0719. The number of rotatable bonds is 1. The van der Waals surface area contributed by atoms with E-state index in [0.29, 0.717) is 5.52 Å². The first kappa shape index (κ1) is 11.9. The maximum Gasteiger partial charge on any atom is 0.354 e. The standard InChI is InChI=1S/C18H11NO2/c20-18(21)17-10-8-15-14-6-5-11-3-1-2-4-12(11)13(14)7-9-16(15)19-17/h1-10H,(H,20,21). The molecule has 0 atom stereocenters. The van der Waals surface area contributed by atoms with Gasteiger partial charge < -0.3 is 5.11 Å². The van der Waals surface area contributed by atoms with E-state index in [1.165, 1.54) is 10.8 Å². The van der Waals surface area contributed by atoms with Crippen LogP contribution in [-0.2, 0) is 0 Å². The zero-order valence-corrected chi connectivity index (χ0v) is 11.1. The third-order valence-electron chi connectivity index (χ3n) is 3.81. The van der Waals surface area contributed by atoms with Crippen LogP contribution in [0.2, 0.25) is 0 Å². The lowest BCUT2D eigenvalue weighted by Crippen LogP contribution is -1.99. The highest BCUT2D eigenvalue weighted by atomic mass is 16.4. The zero-order valence-electron chi connectivity index (χ0n) is 11.1. The van der Waals surface area contributed by atoms with Gasteiger partial charge in [-0.1, -0.05) is 42.5 Å². The van der Waals surface area contributed by atoms with Gasteiger partial charge in [0.15, 0.2) is 0 Å². The normalized spacial score (nSPS) is 11.2. The second kappa shape index (κ2) is 4.28. The number of carbonyl (C=O) groups is 1. The number of carboxylic acids is 1. The Balaban J connectivity index is 2.14. The summed E-state index contributed by atoms with van der Waals surface area (Å²) < 4.78 is 0. The number of nitrogens with zero attached hydrogens (tertiary/aromatic N) is 1. The van der Waals surface area contributed by atoms with Crippen LogP contribution in [0.15, 0.2) is 60.7 Å². The summed E-state index contributed by atoms with van der Waals surface area (Å²) in [6.45, 7) is 0. The fourth-order valence-corrected chi connectivity index (χ4v) is 2.82. The van der Waals surface area contributed by atoms with Gasteiger partial charge in [0.1, 0.15) is 5.69 Å². The summed E-state index contributed by atoms with van der Waals surface area (Å²) in [5.41, 5.74) is 0.778. The van der Waals surface area contributed by atoms with Crippen molar-refractivity contribution in [2.24, 2.45) is 0 Å². The molecule has 21 heavy (non-hydrogen) atoms. The summed E-state index contributed by atoms with van der Waals surface area (Å²) >= 11 is 0. The van der Waals surface area contributed by atoms with E-state index in [0.717, 1.165) is 16.2 Å². The quantitative estimate of drug-likeness (QED) is 0.528. The van der Waals surface area contributed by atoms with Crippen LogP contribution in [0.4, 0.5) is 0 Å². The predicted molar refractivity (Wildman–Crippen MR) is 83.7 cm³/mol. The molecular formula is C18H11NO2. The lowest BCUT2D eigenvalue weighted by molar-refractivity contribution is 0.0691. The number of carboxylic acid groups (broad SMARTS) is 1. The lowest BCUT2D eigenvalue weighted by Gasteiger charge is -2.07. The van der Waals surface area contributed by atoms with Crippen LogP contribution in [0.25, 0.3) is 32.4 Å². The molecule has 0 radical (unpaired) electrons. The SMILES string of the molecule is O=C(O)c1ccc2c(ccc3c4ccccc4ccc23)n1. The summed E-state index contributed by atoms with van der Waals surface area (Å²) in [5.74, 6) is -1.00. The minimum Gasteiger partial charge on any atom is -0.477 e. The highest BCUT2D eigenvalue weighted by Crippen LogP contribution is 2.30. The van der Waals surface area contributed by atoms with Gasteiger partial charge in [-0.15, -0.1) is 0 Å². The van der Waals surface area contributed by atoms with Crippen molar-refractivity contribution >= 4 is 38.4 Å². The Labute approximate surface area is 120 Å². The molecule has 100 valence electrons. The van der Waals surface area contributed by atoms with E-state index in [9.17, 15) is 4.79 Å². The van der Waals surface area contributed by atoms with Gasteiger partial charge in [-0.25, -0.2) is 9.78 Å². The number of aromatic carboxylic acids is 1. The van der Waals surface area contributed by atoms with E-state index in [4.69, 9.17) is 5.11 Å². The molecule has 0 aliphatic heterocycles. The summed E-state index contributed by atoms with van der Waals surface area (Å²) in [6, 6.07) is 19.7. The minimum atomic E-state index is -1.00. The molecule has 4 aromatic rings. The van der Waals surface area contributed by atoms with Crippen molar-refractivity contribution in [3.63, 3.8) is 0 Å². The number of hydrogen-bond acceptors (Lipinski definition) is 2. The van der Waals surface area contributed by atoms with Crippen LogP contribution in [0.5, 0.6) is 0 Å². The van der Waals surface area contributed by atoms with Gasteiger partial charge in [0.2, 0.25) is 0 Å². The Kier molecular flexibility index (Phi) is 2.42. The van der Waals surface area contributed by atoms with Gasteiger partial charge in [-0.05, 0) is 39.7 Å². The van der Waals surface area contributed by atoms with Crippen LogP contribution in [0, 0.1) is 0 Å². The molecule has 0 amide bonds. The Bertz CT molecular complexity index is 1020. The number of benzene rings is 3. The molecule has 0 saturated carbocycles. The first-order chi connectivity index (χ1) is 10.2. The molecule has 3 nitrogen and oxygen atoms in total. The van der Waals surface area contributed by atoms with Crippen molar-refractivity contribution in [3.05, 3.63) is 66.4 Å². The summed E-state index contributed by atoms with van der Waals surface area (Å²) in [4.78, 5) is 15.2. The average molecular weight is 273 g/mol. The van der Waals surface area contributed by atoms with E-state index >= 15 is 0 Å². The van der Waals surface area contributed by atoms with E-state index in [2.05, 4.69) is 29.2 Å². The maximum atomic E-state index is 11.0. The number of fused-ring (bicyclic) bond motifs is 5. The highest BCUT2D eigenvalue weighted by Gasteiger charge is 2.08. The van der Waals surface area contributed by atoms with E-state index in [-0.39, 0.29) is 5.69 Å². The number of pyridine rings is 1. The Morgan fingerprint density at radius 1 is 0.762 bits per heavy atom. The monoisotopic (exact) mass is 273 g/mol. The van der Waals surface area contributed by atoms with Gasteiger partial charge in [-0.2, -0.15) is 0 Å². The van der Waals surface area contributed by atoms with Crippen LogP contribution < -0.4 is 0 Å². The second-order valence-corrected chi connectivity index (χ2v) is 5.02. The average Bonchev–Trinajstić information content (AvgIpc) is 2.53. The summed E-state index contributed by atoms with van der Waals surface area (Å²) in [7, 11) is 0. The van der Waals surface area contributed by atoms with Crippen LogP contribution in [0.1, 0.15) is 10.5 Å². The van der Waals surface area contributed by atoms with Crippen molar-refractivity contribution in [2.45, 2.75) is 0 Å². The molecule has 0 aliphatic carbocycles. The molecule has 4 rings (SSSR count). The Morgan fingerprint density at radius 2 is 1.48 bits per heavy atom. The van der Waals surface area contributed by atoms with Crippen LogP contribution in [0.3, 0.4) is 0 Å². The summed E-state index contributed by atoms with van der Waals surface area (Å²) in [6.07, 6.45) is 0. The van der Waals surface area contributed by atoms with E-state index < -0.39 is 5.97 Å². The smallest absolute Gasteiger partial charge is 0.354 e. The number of aromatic nitrogens is 1. The molecule has 1 aromatic heterocycles. The Morgan fingerprint density at radius 3 is 2.33 bits per heavy atom. The first-order valence-corrected chi connectivity index (χ1v) is 6.68. The molecule has 1 heterocycles. The number of hydrogen-bond donors (Lipinski definition) is 1. The van der Waals surface area contributed by atoms with Crippen molar-refractivity contribution in [3.8, 4) is 0 Å². The van der Waals surface area contributed by atoms with Gasteiger partial charge in [-0.3, -0.25) is 0 Å². The van der Waals surface area contributed by atoms with Gasteiger partial charge in [0, 0.05) is 5.39 Å². The van der Waals surface area contributed by atoms with Gasteiger partial charge >= 0.3 is 5.97 Å². The van der Waals surface area contributed by atoms with Crippen LogP contribution >= 0.6 is 0 Å². The third kappa shape index (κ3) is 1.75. The van der Waals surface area contributed by atoms with Crippen molar-refractivity contribution < 1.29 is 9.90 Å². The van der Waals surface area contributed by atoms with E-state index in [1.54, 1.807) is 6.07 Å². The molecule has 0 spiro atoms.